The summed E-state index contributed by atoms with van der Waals surface area (Å²) in [5.41, 5.74) is 2.13. The molecule has 0 heterocycles. The highest BCUT2D eigenvalue weighted by Gasteiger charge is 1.95. The SMILES string of the molecule is CC(C)=CC(=O)COC/C=C/c1ccccc1. The zero-order valence-corrected chi connectivity index (χ0v) is 10.3. The van der Waals surface area contributed by atoms with Crippen molar-refractivity contribution in [3.05, 3.63) is 53.6 Å². The molecule has 1 rings (SSSR count). The van der Waals surface area contributed by atoms with Gasteiger partial charge in [-0.05, 0) is 25.5 Å². The van der Waals surface area contributed by atoms with Crippen LogP contribution in [0.4, 0.5) is 0 Å². The van der Waals surface area contributed by atoms with E-state index in [1.807, 2.05) is 56.3 Å². The van der Waals surface area contributed by atoms with Crippen LogP contribution in [0.15, 0.2) is 48.1 Å². The second kappa shape index (κ2) is 7.58. The lowest BCUT2D eigenvalue weighted by molar-refractivity contribution is -0.118. The number of ketones is 1. The standard InChI is InChI=1S/C15H18O2/c1-13(2)11-15(16)12-17-10-6-9-14-7-4-3-5-8-14/h3-9,11H,10,12H2,1-2H3/b9-6+. The predicted octanol–water partition coefficient (Wildman–Crippen LogP) is 3.25. The molecule has 0 bridgehead atoms. The normalized spacial score (nSPS) is 10.5. The van der Waals surface area contributed by atoms with Crippen LogP contribution in [0.1, 0.15) is 19.4 Å². The number of carbonyl (C=O) groups is 1. The van der Waals surface area contributed by atoms with Crippen LogP contribution < -0.4 is 0 Å². The van der Waals surface area contributed by atoms with Crippen LogP contribution in [0, 0.1) is 0 Å². The Hall–Kier alpha value is -1.67. The third-order valence-electron chi connectivity index (χ3n) is 2.02. The fraction of sp³-hybridized carbons (Fsp3) is 0.267. The molecule has 0 aromatic heterocycles. The molecule has 2 heteroatoms. The molecule has 0 spiro atoms. The third kappa shape index (κ3) is 6.48. The Morgan fingerprint density at radius 1 is 1.24 bits per heavy atom. The molecule has 0 atom stereocenters. The quantitative estimate of drug-likeness (QED) is 0.554. The summed E-state index contributed by atoms with van der Waals surface area (Å²) in [5.74, 6) is 0.0121. The van der Waals surface area contributed by atoms with E-state index in [9.17, 15) is 4.79 Å². The van der Waals surface area contributed by atoms with Crippen molar-refractivity contribution in [1.82, 2.24) is 0 Å². The lowest BCUT2D eigenvalue weighted by atomic mass is 10.2. The van der Waals surface area contributed by atoms with Crippen molar-refractivity contribution in [1.29, 1.82) is 0 Å². The molecule has 0 saturated heterocycles. The topological polar surface area (TPSA) is 26.3 Å². The Kier molecular flexibility index (Phi) is 5.97. The molecule has 1 aromatic rings. The zero-order chi connectivity index (χ0) is 12.5. The Balaban J connectivity index is 2.23. The van der Waals surface area contributed by atoms with Crippen molar-refractivity contribution in [2.24, 2.45) is 0 Å². The number of rotatable bonds is 6. The van der Waals surface area contributed by atoms with E-state index in [0.717, 1.165) is 11.1 Å². The number of allylic oxidation sites excluding steroid dienone is 1. The first-order valence-corrected chi connectivity index (χ1v) is 5.65. The summed E-state index contributed by atoms with van der Waals surface area (Å²) < 4.78 is 5.24. The van der Waals surface area contributed by atoms with Gasteiger partial charge in [0.25, 0.3) is 0 Å². The largest absolute Gasteiger partial charge is 0.369 e. The highest BCUT2D eigenvalue weighted by molar-refractivity contribution is 5.91. The molecule has 0 aliphatic rings. The van der Waals surface area contributed by atoms with Crippen LogP contribution in [-0.2, 0) is 9.53 Å². The van der Waals surface area contributed by atoms with Gasteiger partial charge >= 0.3 is 0 Å². The summed E-state index contributed by atoms with van der Waals surface area (Å²) in [5, 5.41) is 0. The average molecular weight is 230 g/mol. The highest BCUT2D eigenvalue weighted by Crippen LogP contribution is 2.00. The summed E-state index contributed by atoms with van der Waals surface area (Å²) in [4.78, 5) is 11.3. The summed E-state index contributed by atoms with van der Waals surface area (Å²) in [6.07, 6.45) is 5.48. The fourth-order valence-electron chi connectivity index (χ4n) is 1.34. The maximum atomic E-state index is 11.3. The minimum atomic E-state index is 0.0121. The Morgan fingerprint density at radius 2 is 1.94 bits per heavy atom. The number of benzene rings is 1. The van der Waals surface area contributed by atoms with E-state index in [2.05, 4.69) is 0 Å². The van der Waals surface area contributed by atoms with Gasteiger partial charge in [-0.3, -0.25) is 4.79 Å². The molecule has 17 heavy (non-hydrogen) atoms. The second-order valence-corrected chi connectivity index (χ2v) is 4.02. The van der Waals surface area contributed by atoms with Gasteiger partial charge in [-0.15, -0.1) is 0 Å². The van der Waals surface area contributed by atoms with Gasteiger partial charge in [-0.25, -0.2) is 0 Å². The van der Waals surface area contributed by atoms with E-state index >= 15 is 0 Å². The van der Waals surface area contributed by atoms with Crippen LogP contribution in [-0.4, -0.2) is 19.0 Å². The molecule has 1 aromatic carbocycles. The zero-order valence-electron chi connectivity index (χ0n) is 10.3. The number of ether oxygens (including phenoxy) is 1. The van der Waals surface area contributed by atoms with Crippen LogP contribution in [0.5, 0.6) is 0 Å². The van der Waals surface area contributed by atoms with Gasteiger partial charge in [-0.2, -0.15) is 0 Å². The Morgan fingerprint density at radius 3 is 2.59 bits per heavy atom. The summed E-state index contributed by atoms with van der Waals surface area (Å²) in [7, 11) is 0. The van der Waals surface area contributed by atoms with Crippen molar-refractivity contribution >= 4 is 11.9 Å². The first-order valence-electron chi connectivity index (χ1n) is 5.65. The first kappa shape index (κ1) is 13.4. The fourth-order valence-corrected chi connectivity index (χ4v) is 1.34. The van der Waals surface area contributed by atoms with Gasteiger partial charge in [-0.1, -0.05) is 48.1 Å². The molecule has 0 aliphatic heterocycles. The van der Waals surface area contributed by atoms with Crippen molar-refractivity contribution in [3.8, 4) is 0 Å². The van der Waals surface area contributed by atoms with Gasteiger partial charge in [0, 0.05) is 0 Å². The number of hydrogen-bond acceptors (Lipinski definition) is 2. The van der Waals surface area contributed by atoms with Crippen molar-refractivity contribution in [3.63, 3.8) is 0 Å². The van der Waals surface area contributed by atoms with Gasteiger partial charge in [0.1, 0.15) is 6.61 Å². The van der Waals surface area contributed by atoms with Crippen LogP contribution in [0.25, 0.3) is 6.08 Å². The maximum Gasteiger partial charge on any atom is 0.181 e. The summed E-state index contributed by atoms with van der Waals surface area (Å²) >= 11 is 0. The van der Waals surface area contributed by atoms with Gasteiger partial charge in [0.15, 0.2) is 5.78 Å². The maximum absolute atomic E-state index is 11.3. The van der Waals surface area contributed by atoms with Crippen molar-refractivity contribution < 1.29 is 9.53 Å². The smallest absolute Gasteiger partial charge is 0.181 e. The molecular weight excluding hydrogens is 212 g/mol. The van der Waals surface area contributed by atoms with Crippen LogP contribution in [0.2, 0.25) is 0 Å². The molecular formula is C15H18O2. The molecule has 2 nitrogen and oxygen atoms in total. The molecule has 0 unspecified atom stereocenters. The average Bonchev–Trinajstić information content (AvgIpc) is 2.29. The van der Waals surface area contributed by atoms with Gasteiger partial charge in [0.05, 0.1) is 6.61 Å². The summed E-state index contributed by atoms with van der Waals surface area (Å²) in [6, 6.07) is 9.99. The van der Waals surface area contributed by atoms with Gasteiger partial charge in [0.2, 0.25) is 0 Å². The molecule has 0 aliphatic carbocycles. The molecule has 0 saturated carbocycles. The third-order valence-corrected chi connectivity index (χ3v) is 2.02. The molecule has 0 radical (unpaired) electrons. The first-order chi connectivity index (χ1) is 8.18. The van der Waals surface area contributed by atoms with E-state index in [0.29, 0.717) is 6.61 Å². The minimum absolute atomic E-state index is 0.0121. The Bertz CT molecular complexity index is 398. The lowest BCUT2D eigenvalue weighted by Crippen LogP contribution is -2.05. The molecule has 0 amide bonds. The van der Waals surface area contributed by atoms with Crippen LogP contribution in [0.3, 0.4) is 0 Å². The molecule has 90 valence electrons. The Labute approximate surface area is 103 Å². The summed E-state index contributed by atoms with van der Waals surface area (Å²) in [6.45, 7) is 4.39. The van der Waals surface area contributed by atoms with Gasteiger partial charge < -0.3 is 4.74 Å². The van der Waals surface area contributed by atoms with Crippen molar-refractivity contribution in [2.75, 3.05) is 13.2 Å². The second-order valence-electron chi connectivity index (χ2n) is 4.02. The highest BCUT2D eigenvalue weighted by atomic mass is 16.5. The van der Waals surface area contributed by atoms with E-state index < -0.39 is 0 Å². The molecule has 0 N–H and O–H groups in total. The van der Waals surface area contributed by atoms with E-state index in [4.69, 9.17) is 4.74 Å². The van der Waals surface area contributed by atoms with Crippen LogP contribution >= 0.6 is 0 Å². The number of hydrogen-bond donors (Lipinski definition) is 0. The lowest BCUT2D eigenvalue weighted by Gasteiger charge is -1.97. The molecule has 0 fully saturated rings. The predicted molar refractivity (Wildman–Crippen MR) is 70.7 cm³/mol. The van der Waals surface area contributed by atoms with E-state index in [1.165, 1.54) is 0 Å². The van der Waals surface area contributed by atoms with Crippen molar-refractivity contribution in [2.45, 2.75) is 13.8 Å². The monoisotopic (exact) mass is 230 g/mol. The van der Waals surface area contributed by atoms with E-state index in [1.54, 1.807) is 6.08 Å². The van der Waals surface area contributed by atoms with E-state index in [-0.39, 0.29) is 12.4 Å². The minimum Gasteiger partial charge on any atom is -0.369 e. The number of carbonyl (C=O) groups excluding carboxylic acids is 1.